The maximum Gasteiger partial charge on any atom is 0.154 e. The summed E-state index contributed by atoms with van der Waals surface area (Å²) in [5.41, 5.74) is 35.5. The second-order valence-corrected chi connectivity index (χ2v) is 29.6. The van der Waals surface area contributed by atoms with Crippen LogP contribution in [0.5, 0.6) is 0 Å². The molecule has 23 nitrogen and oxygen atoms in total. The molecule has 0 saturated carbocycles. The van der Waals surface area contributed by atoms with Crippen LogP contribution >= 0.6 is 11.6 Å². The molecule has 678 valence electrons. The lowest BCUT2D eigenvalue weighted by Crippen LogP contribution is -2.04. The standard InChI is InChI=1S/3C11H17NO.2C10H15NO.C10H15N.C9H13ClN2O.3C9H14N2O/c1-5-10-6-12-9(3)8(2)11(10)7-13-4;1-5-10-6-8(2)12-9(3)11(10)7-13-4;1-5-10-6-8(2)9(3)12-11(10)7-13-4;1-4-9-5-8(2)6-10(11-9)7-12-3;1-4-9-8(2)5-6-11-10(9)7-12-3;1-4-9-7-11-6-8(3)10(9)5-2;1-4-7-8(5-13-3)11-6(2)9(10)12-7;1-4-8-9(6-12-3)11-7(2)5-10-8;2*1-4-8-5-7(2)10-9(11-8)6-12-3/h3*6H,5,7H2,1-4H3;2*5-6H,4,7H2,1-3H3;6-7H,4-5H2,1-3H3;4-5H2,1-3H3;3*5H,4,6H2,1-3H3. The molecule has 0 unspecified atom stereocenters. The highest BCUT2D eigenvalue weighted by molar-refractivity contribution is 6.30. The van der Waals surface area contributed by atoms with E-state index in [-0.39, 0.29) is 0 Å². The third-order valence-corrected chi connectivity index (χ3v) is 19.8. The van der Waals surface area contributed by atoms with Crippen molar-refractivity contribution in [3.63, 3.8) is 0 Å². The van der Waals surface area contributed by atoms with Gasteiger partial charge in [-0.2, -0.15) is 0 Å². The summed E-state index contributed by atoms with van der Waals surface area (Å²) in [5, 5.41) is 0.483. The van der Waals surface area contributed by atoms with Gasteiger partial charge in [0.25, 0.3) is 0 Å². The van der Waals surface area contributed by atoms with Gasteiger partial charge in [-0.15, -0.1) is 0 Å². The molecule has 0 atom stereocenters. The van der Waals surface area contributed by atoms with E-state index >= 15 is 0 Å². The third-order valence-electron chi connectivity index (χ3n) is 19.5. The van der Waals surface area contributed by atoms with Crippen LogP contribution in [-0.2, 0) is 173 Å². The summed E-state index contributed by atoms with van der Waals surface area (Å²) in [6, 6.07) is 14.6. The Morgan fingerprint density at radius 1 is 0.260 bits per heavy atom. The van der Waals surface area contributed by atoms with Crippen LogP contribution in [-0.4, -0.2) is 134 Å². The van der Waals surface area contributed by atoms with Crippen molar-refractivity contribution in [2.45, 2.75) is 296 Å². The van der Waals surface area contributed by atoms with Crippen LogP contribution in [0.4, 0.5) is 0 Å². The van der Waals surface area contributed by atoms with E-state index in [0.29, 0.717) is 64.6 Å². The number of rotatable bonds is 29. The molecule has 123 heavy (non-hydrogen) atoms. The van der Waals surface area contributed by atoms with Gasteiger partial charge in [0, 0.05) is 152 Å². The molecule has 0 N–H and O–H groups in total. The highest BCUT2D eigenvalue weighted by Crippen LogP contribution is 2.21. The maximum atomic E-state index is 5.85. The molecule has 24 heteroatoms. The molecule has 0 aliphatic rings. The minimum Gasteiger partial charge on any atom is -0.380 e. The molecular formula is C99H151ClN14O9. The normalized spacial score (nSPS) is 10.3. The zero-order chi connectivity index (χ0) is 92.5. The van der Waals surface area contributed by atoms with Crippen LogP contribution in [0.25, 0.3) is 0 Å². The van der Waals surface area contributed by atoms with Crippen LogP contribution in [0.2, 0.25) is 5.15 Å². The molecule has 0 aliphatic carbocycles. The topological polar surface area (TPSA) is 264 Å². The van der Waals surface area contributed by atoms with Crippen molar-refractivity contribution in [1.29, 1.82) is 0 Å². The number of pyridine rings is 6. The van der Waals surface area contributed by atoms with Gasteiger partial charge in [-0.25, -0.2) is 24.9 Å². The third kappa shape index (κ3) is 42.1. The molecule has 0 fully saturated rings. The summed E-state index contributed by atoms with van der Waals surface area (Å²) in [5.74, 6) is 1.55. The Morgan fingerprint density at radius 3 is 1.21 bits per heavy atom. The largest absolute Gasteiger partial charge is 0.380 e. The van der Waals surface area contributed by atoms with Gasteiger partial charge >= 0.3 is 0 Å². The van der Waals surface area contributed by atoms with Gasteiger partial charge in [0.1, 0.15) is 13.2 Å². The first-order valence-corrected chi connectivity index (χ1v) is 43.4. The van der Waals surface area contributed by atoms with Crippen LogP contribution < -0.4 is 0 Å². The molecule has 0 saturated heterocycles. The van der Waals surface area contributed by atoms with Gasteiger partial charge in [0.2, 0.25) is 0 Å². The van der Waals surface area contributed by atoms with Crippen molar-refractivity contribution in [2.75, 3.05) is 64.0 Å². The zero-order valence-electron chi connectivity index (χ0n) is 81.4. The van der Waals surface area contributed by atoms with E-state index in [1.165, 1.54) is 72.3 Å². The number of ether oxygens (including phenoxy) is 9. The SMILES string of the molecule is CCc1c(C)ccnc1COC.CCc1cc(C)c(C)nc1COC.CCc1cc(C)cc(COC)n1.CCc1cc(C)nc(C)c1COC.CCc1cc(C)nc(COC)n1.CCc1cc(C)nc(COC)n1.CCc1cnc(C)c(C)c1COC.CCc1cncc(C)c1CC.CCc1nc(Cl)c(C)nc1COC.CCc1ncc(C)nc1COC. The Hall–Kier alpha value is -8.85. The molecule has 10 aromatic heterocycles. The van der Waals surface area contributed by atoms with Crippen molar-refractivity contribution in [2.24, 2.45) is 0 Å². The lowest BCUT2D eigenvalue weighted by atomic mass is 10.0. The molecule has 0 amide bonds. The van der Waals surface area contributed by atoms with Crippen LogP contribution in [0.15, 0.2) is 73.4 Å². The fourth-order valence-corrected chi connectivity index (χ4v) is 13.0. The number of methoxy groups -OCH3 is 9. The van der Waals surface area contributed by atoms with Crippen LogP contribution in [0.3, 0.4) is 0 Å². The number of aromatic nitrogens is 14. The highest BCUT2D eigenvalue weighted by Gasteiger charge is 2.13. The van der Waals surface area contributed by atoms with Gasteiger partial charge in [0.15, 0.2) is 16.8 Å². The fraction of sp³-hybridized carbons (Fsp3) is 0.535. The second-order valence-electron chi connectivity index (χ2n) is 29.2. The van der Waals surface area contributed by atoms with Crippen molar-refractivity contribution in [3.8, 4) is 0 Å². The fourth-order valence-electron chi connectivity index (χ4n) is 12.9. The van der Waals surface area contributed by atoms with Crippen molar-refractivity contribution in [3.05, 3.63) is 265 Å². The lowest BCUT2D eigenvalue weighted by molar-refractivity contribution is 0.177. The Labute approximate surface area is 745 Å². The van der Waals surface area contributed by atoms with Gasteiger partial charge in [-0.1, -0.05) is 93.8 Å². The van der Waals surface area contributed by atoms with Crippen molar-refractivity contribution < 1.29 is 42.6 Å². The minimum atomic E-state index is 0.483. The Morgan fingerprint density at radius 2 is 0.724 bits per heavy atom. The van der Waals surface area contributed by atoms with Crippen molar-refractivity contribution in [1.82, 2.24) is 69.8 Å². The Kier molecular flexibility index (Phi) is 59.1. The average molecular weight is 1720 g/mol. The summed E-state index contributed by atoms with van der Waals surface area (Å²) >= 11 is 5.85. The summed E-state index contributed by atoms with van der Waals surface area (Å²) < 4.78 is 45.5. The van der Waals surface area contributed by atoms with Gasteiger partial charge in [-0.3, -0.25) is 44.9 Å². The van der Waals surface area contributed by atoms with Gasteiger partial charge in [-0.05, 0) is 264 Å². The van der Waals surface area contributed by atoms with Crippen molar-refractivity contribution >= 4 is 11.6 Å². The summed E-state index contributed by atoms with van der Waals surface area (Å²) in [6.45, 7) is 55.0. The molecule has 0 aromatic carbocycles. The minimum absolute atomic E-state index is 0.483. The molecular weight excluding hydrogens is 1560 g/mol. The predicted octanol–water partition coefficient (Wildman–Crippen LogP) is 20.6. The maximum absolute atomic E-state index is 5.85. The lowest BCUT2D eigenvalue weighted by Gasteiger charge is -2.11. The molecule has 0 spiro atoms. The zero-order valence-corrected chi connectivity index (χ0v) is 82.1. The molecule has 0 radical (unpaired) electrons. The molecule has 10 aromatic rings. The number of hydrogen-bond acceptors (Lipinski definition) is 23. The first-order valence-electron chi connectivity index (χ1n) is 43.0. The van der Waals surface area contributed by atoms with Crippen LogP contribution in [0.1, 0.15) is 263 Å². The Balaban J connectivity index is 0.000000684. The second kappa shape index (κ2) is 64.8. The quantitative estimate of drug-likeness (QED) is 0.0422. The molecule has 0 bridgehead atoms. The molecule has 10 heterocycles. The van der Waals surface area contributed by atoms with E-state index in [2.05, 4.69) is 198 Å². The number of hydrogen-bond donors (Lipinski definition) is 0. The van der Waals surface area contributed by atoms with E-state index in [1.54, 1.807) is 70.2 Å². The monoisotopic (exact) mass is 1720 g/mol. The average Bonchev–Trinajstić information content (AvgIpc) is 0.849. The number of halogens is 1. The van der Waals surface area contributed by atoms with Gasteiger partial charge in [0.05, 0.1) is 97.5 Å². The molecule has 0 aliphatic heterocycles. The van der Waals surface area contributed by atoms with Crippen LogP contribution in [0, 0.1) is 90.0 Å². The first kappa shape index (κ1) is 112. The van der Waals surface area contributed by atoms with E-state index in [9.17, 15) is 0 Å². The smallest absolute Gasteiger partial charge is 0.154 e. The van der Waals surface area contributed by atoms with Gasteiger partial charge < -0.3 is 42.6 Å². The number of nitrogens with zero attached hydrogens (tertiary/aromatic N) is 14. The highest BCUT2D eigenvalue weighted by atomic mass is 35.5. The van der Waals surface area contributed by atoms with E-state index in [4.69, 9.17) is 54.2 Å². The summed E-state index contributed by atoms with van der Waals surface area (Å²) in [4.78, 5) is 60.4. The first-order chi connectivity index (χ1) is 58.9. The van der Waals surface area contributed by atoms with E-state index in [1.807, 2.05) is 105 Å². The molecule has 10 rings (SSSR count). The van der Waals surface area contributed by atoms with E-state index < -0.39 is 0 Å². The Bertz CT molecular complexity index is 4450. The summed E-state index contributed by atoms with van der Waals surface area (Å²) in [6.07, 6.45) is 20.4. The predicted molar refractivity (Wildman–Crippen MR) is 500 cm³/mol. The van der Waals surface area contributed by atoms with E-state index in [0.717, 1.165) is 185 Å². The number of aryl methyl sites for hydroxylation is 21. The summed E-state index contributed by atoms with van der Waals surface area (Å²) in [7, 11) is 15.2.